The third-order valence-electron chi connectivity index (χ3n) is 3.62. The highest BCUT2D eigenvalue weighted by Crippen LogP contribution is 2.22. The molecule has 0 heterocycles. The van der Waals surface area contributed by atoms with E-state index >= 15 is 0 Å². The Morgan fingerprint density at radius 2 is 1.93 bits per heavy atom. The molecule has 142 valence electrons. The molecule has 0 aliphatic heterocycles. The molecule has 0 fully saturated rings. The van der Waals surface area contributed by atoms with Crippen molar-refractivity contribution in [1.29, 1.82) is 0 Å². The predicted molar refractivity (Wildman–Crippen MR) is 109 cm³/mol. The molecule has 0 saturated carbocycles. The number of carbonyl (C=O) groups is 2. The van der Waals surface area contributed by atoms with Gasteiger partial charge in [-0.25, -0.2) is 0 Å². The summed E-state index contributed by atoms with van der Waals surface area (Å²) in [5.41, 5.74) is 1.49. The number of hydrogen-bond acceptors (Lipinski definition) is 3. The number of carbonyl (C=O) groups excluding carboxylic acids is 2. The van der Waals surface area contributed by atoms with Gasteiger partial charge in [-0.1, -0.05) is 41.4 Å². The first-order chi connectivity index (χ1) is 13.0. The molecule has 2 amide bonds. The van der Waals surface area contributed by atoms with Crippen LogP contribution in [0.1, 0.15) is 22.3 Å². The maximum absolute atomic E-state index is 12.3. The molecule has 0 aliphatic carbocycles. The monoisotopic (exact) mass is 406 g/mol. The van der Waals surface area contributed by atoms with Gasteiger partial charge in [0.05, 0.1) is 11.3 Å². The van der Waals surface area contributed by atoms with Crippen LogP contribution in [-0.2, 0) is 9.53 Å². The molecule has 2 aromatic carbocycles. The first kappa shape index (κ1) is 21.0. The van der Waals surface area contributed by atoms with Crippen LogP contribution in [0.15, 0.2) is 48.5 Å². The van der Waals surface area contributed by atoms with Crippen LogP contribution in [0.4, 0.5) is 5.69 Å². The Labute approximate surface area is 168 Å². The van der Waals surface area contributed by atoms with Crippen LogP contribution in [0.3, 0.4) is 0 Å². The summed E-state index contributed by atoms with van der Waals surface area (Å²) in [5, 5.41) is 6.48. The van der Waals surface area contributed by atoms with Crippen LogP contribution >= 0.6 is 23.2 Å². The lowest BCUT2D eigenvalue weighted by Gasteiger charge is -2.10. The number of nitrogens with one attached hydrogen (secondary N) is 2. The smallest absolute Gasteiger partial charge is 0.253 e. The summed E-state index contributed by atoms with van der Waals surface area (Å²) in [7, 11) is 1.61. The molecule has 2 aromatic rings. The number of methoxy groups -OCH3 is 1. The largest absolute Gasteiger partial charge is 0.385 e. The van der Waals surface area contributed by atoms with Crippen LogP contribution in [0.2, 0.25) is 10.0 Å². The standard InChI is InChI=1S/C20H20Cl2N2O3/c1-27-12-4-11-23-20(26)16-5-2-3-6-18(16)24-19(25)10-8-14-7-9-15(21)13-17(14)22/h2-3,5-10,13H,4,11-12H2,1H3,(H,23,26)(H,24,25). The number of rotatable bonds is 8. The molecule has 0 unspecified atom stereocenters. The number of ether oxygens (including phenoxy) is 1. The fourth-order valence-corrected chi connectivity index (χ4v) is 2.75. The molecule has 0 bridgehead atoms. The zero-order chi connectivity index (χ0) is 19.6. The van der Waals surface area contributed by atoms with Crippen LogP contribution in [-0.4, -0.2) is 32.1 Å². The highest BCUT2D eigenvalue weighted by atomic mass is 35.5. The van der Waals surface area contributed by atoms with Gasteiger partial charge in [-0.05, 0) is 42.3 Å². The summed E-state index contributed by atoms with van der Waals surface area (Å²) >= 11 is 11.9. The van der Waals surface area contributed by atoms with Gasteiger partial charge in [-0.2, -0.15) is 0 Å². The Hall–Kier alpha value is -2.34. The van der Waals surface area contributed by atoms with Crippen LogP contribution < -0.4 is 10.6 Å². The maximum Gasteiger partial charge on any atom is 0.253 e. The zero-order valence-corrected chi connectivity index (χ0v) is 16.3. The summed E-state index contributed by atoms with van der Waals surface area (Å²) < 4.78 is 4.95. The van der Waals surface area contributed by atoms with Crippen LogP contribution in [0.25, 0.3) is 6.08 Å². The first-order valence-corrected chi connectivity index (χ1v) is 9.07. The second kappa shape index (κ2) is 10.7. The van der Waals surface area contributed by atoms with E-state index in [4.69, 9.17) is 27.9 Å². The van der Waals surface area contributed by atoms with Crippen LogP contribution in [0.5, 0.6) is 0 Å². The second-order valence-electron chi connectivity index (χ2n) is 5.64. The topological polar surface area (TPSA) is 67.4 Å². The van der Waals surface area contributed by atoms with Gasteiger partial charge in [0.1, 0.15) is 0 Å². The predicted octanol–water partition coefficient (Wildman–Crippen LogP) is 4.41. The van der Waals surface area contributed by atoms with E-state index in [-0.39, 0.29) is 11.8 Å². The molecule has 0 radical (unpaired) electrons. The van der Waals surface area contributed by atoms with Gasteiger partial charge in [-0.3, -0.25) is 9.59 Å². The highest BCUT2D eigenvalue weighted by Gasteiger charge is 2.11. The molecule has 5 nitrogen and oxygen atoms in total. The molecular weight excluding hydrogens is 387 g/mol. The molecule has 0 spiro atoms. The van der Waals surface area contributed by atoms with Crippen molar-refractivity contribution in [3.05, 3.63) is 69.7 Å². The quantitative estimate of drug-likeness (QED) is 0.503. The van der Waals surface area contributed by atoms with E-state index in [1.807, 2.05) is 0 Å². The van der Waals surface area contributed by atoms with Crippen molar-refractivity contribution in [1.82, 2.24) is 5.32 Å². The Morgan fingerprint density at radius 1 is 1.15 bits per heavy atom. The number of amides is 2. The lowest BCUT2D eigenvalue weighted by molar-refractivity contribution is -0.111. The van der Waals surface area contributed by atoms with Crippen molar-refractivity contribution in [3.8, 4) is 0 Å². The van der Waals surface area contributed by atoms with Crippen LogP contribution in [0, 0.1) is 0 Å². The molecule has 27 heavy (non-hydrogen) atoms. The van der Waals surface area contributed by atoms with E-state index < -0.39 is 0 Å². The van der Waals surface area contributed by atoms with Gasteiger partial charge in [-0.15, -0.1) is 0 Å². The van der Waals surface area contributed by atoms with Crippen molar-refractivity contribution in [3.63, 3.8) is 0 Å². The molecule has 2 rings (SSSR count). The Morgan fingerprint density at radius 3 is 2.67 bits per heavy atom. The summed E-state index contributed by atoms with van der Waals surface area (Å²) in [6.45, 7) is 1.06. The van der Waals surface area contributed by atoms with Crippen molar-refractivity contribution in [2.24, 2.45) is 0 Å². The number of halogens is 2. The normalized spacial score (nSPS) is 10.8. The fourth-order valence-electron chi connectivity index (χ4n) is 2.28. The van der Waals surface area contributed by atoms with Gasteiger partial charge in [0.2, 0.25) is 5.91 Å². The number of hydrogen-bond donors (Lipinski definition) is 2. The summed E-state index contributed by atoms with van der Waals surface area (Å²) in [6, 6.07) is 11.8. The molecule has 0 saturated heterocycles. The molecule has 2 N–H and O–H groups in total. The minimum atomic E-state index is -0.374. The van der Waals surface area contributed by atoms with E-state index in [1.54, 1.807) is 55.7 Å². The van der Waals surface area contributed by atoms with Gasteiger partial charge >= 0.3 is 0 Å². The van der Waals surface area contributed by atoms with E-state index in [1.165, 1.54) is 6.08 Å². The van der Waals surface area contributed by atoms with E-state index in [9.17, 15) is 9.59 Å². The highest BCUT2D eigenvalue weighted by molar-refractivity contribution is 6.35. The summed E-state index contributed by atoms with van der Waals surface area (Å²) in [4.78, 5) is 24.5. The van der Waals surface area contributed by atoms with Gasteiger partial charge in [0.25, 0.3) is 5.91 Å². The molecule has 7 heteroatoms. The molecular formula is C20H20Cl2N2O3. The average molecular weight is 407 g/mol. The average Bonchev–Trinajstić information content (AvgIpc) is 2.65. The lowest BCUT2D eigenvalue weighted by atomic mass is 10.1. The van der Waals surface area contributed by atoms with Crippen molar-refractivity contribution in [2.45, 2.75) is 6.42 Å². The Kier molecular flexibility index (Phi) is 8.33. The Balaban J connectivity index is 2.03. The maximum atomic E-state index is 12.3. The fraction of sp³-hybridized carbons (Fsp3) is 0.200. The van der Waals surface area contributed by atoms with Crippen molar-refractivity contribution in [2.75, 3.05) is 25.6 Å². The van der Waals surface area contributed by atoms with E-state index in [2.05, 4.69) is 10.6 Å². The summed E-state index contributed by atoms with van der Waals surface area (Å²) in [5.74, 6) is -0.632. The van der Waals surface area contributed by atoms with Gasteiger partial charge < -0.3 is 15.4 Å². The number of anilines is 1. The molecule has 0 aliphatic rings. The third kappa shape index (κ3) is 6.71. The van der Waals surface area contributed by atoms with Crippen molar-refractivity contribution < 1.29 is 14.3 Å². The van der Waals surface area contributed by atoms with Gasteiger partial charge in [0.15, 0.2) is 0 Å². The lowest BCUT2D eigenvalue weighted by Crippen LogP contribution is -2.26. The number of para-hydroxylation sites is 1. The first-order valence-electron chi connectivity index (χ1n) is 8.31. The minimum Gasteiger partial charge on any atom is -0.385 e. The third-order valence-corrected chi connectivity index (χ3v) is 4.18. The minimum absolute atomic E-state index is 0.258. The van der Waals surface area contributed by atoms with E-state index in [0.29, 0.717) is 46.4 Å². The van der Waals surface area contributed by atoms with E-state index in [0.717, 1.165) is 0 Å². The summed E-state index contributed by atoms with van der Waals surface area (Å²) in [6.07, 6.45) is 3.64. The zero-order valence-electron chi connectivity index (χ0n) is 14.8. The number of benzene rings is 2. The SMILES string of the molecule is COCCCNC(=O)c1ccccc1NC(=O)C=Cc1ccc(Cl)cc1Cl. The molecule has 0 atom stereocenters. The Bertz CT molecular complexity index is 838. The second-order valence-corrected chi connectivity index (χ2v) is 6.48. The van der Waals surface area contributed by atoms with Gasteiger partial charge in [0, 0.05) is 36.4 Å². The van der Waals surface area contributed by atoms with Crippen molar-refractivity contribution >= 4 is 46.8 Å². The molecule has 0 aromatic heterocycles.